The summed E-state index contributed by atoms with van der Waals surface area (Å²) in [5.41, 5.74) is 2.01. The van der Waals surface area contributed by atoms with Gasteiger partial charge < -0.3 is 30.2 Å². The van der Waals surface area contributed by atoms with Crippen molar-refractivity contribution in [2.24, 2.45) is 7.05 Å². The summed E-state index contributed by atoms with van der Waals surface area (Å²) >= 11 is 0. The molecule has 0 aliphatic heterocycles. The van der Waals surface area contributed by atoms with Gasteiger partial charge in [0.15, 0.2) is 0 Å². The second-order valence-electron chi connectivity index (χ2n) is 8.96. The lowest BCUT2D eigenvalue weighted by Crippen LogP contribution is -2.28. The van der Waals surface area contributed by atoms with E-state index < -0.39 is 0 Å². The van der Waals surface area contributed by atoms with Gasteiger partial charge in [-0.2, -0.15) is 0 Å². The Kier molecular flexibility index (Phi) is 16.1. The molecule has 0 aliphatic rings. The zero-order chi connectivity index (χ0) is 28.1. The van der Waals surface area contributed by atoms with Crippen LogP contribution in [0, 0.1) is 0 Å². The molecule has 39 heavy (non-hydrogen) atoms. The third-order valence-electron chi connectivity index (χ3n) is 5.60. The molecule has 12 nitrogen and oxygen atoms in total. The molecule has 2 aromatic rings. The van der Waals surface area contributed by atoms with Crippen LogP contribution in [0.25, 0.3) is 0 Å². The van der Waals surface area contributed by atoms with E-state index in [1.807, 2.05) is 13.2 Å². The summed E-state index contributed by atoms with van der Waals surface area (Å²) < 4.78 is 17.9. The molecule has 1 aromatic carbocycles. The van der Waals surface area contributed by atoms with Crippen molar-refractivity contribution in [3.8, 4) is 0 Å². The molecule has 0 saturated carbocycles. The molecule has 3 N–H and O–H groups in total. The van der Waals surface area contributed by atoms with Crippen molar-refractivity contribution in [1.82, 2.24) is 30.9 Å². The zero-order valence-corrected chi connectivity index (χ0v) is 23.1. The number of benzene rings is 1. The van der Waals surface area contributed by atoms with Gasteiger partial charge in [-0.25, -0.2) is 0 Å². The number of carbonyl (C=O) groups excluding carboxylic acids is 3. The van der Waals surface area contributed by atoms with E-state index in [1.54, 1.807) is 28.9 Å². The summed E-state index contributed by atoms with van der Waals surface area (Å²) in [5, 5.41) is 16.4. The first-order valence-electron chi connectivity index (χ1n) is 13.4. The molecular formula is C27H42N6O6. The maximum atomic E-state index is 12.3. The first-order valence-corrected chi connectivity index (χ1v) is 13.4. The highest BCUT2D eigenvalue weighted by molar-refractivity contribution is 5.97. The number of carbonyl (C=O) groups is 3. The van der Waals surface area contributed by atoms with Crippen LogP contribution in [0.2, 0.25) is 0 Å². The summed E-state index contributed by atoms with van der Waals surface area (Å²) in [6.45, 7) is 5.47. The van der Waals surface area contributed by atoms with Crippen LogP contribution in [0.15, 0.2) is 30.5 Å². The third-order valence-corrected chi connectivity index (χ3v) is 5.60. The molecule has 0 saturated heterocycles. The van der Waals surface area contributed by atoms with Crippen LogP contribution in [0.4, 0.5) is 0 Å². The Morgan fingerprint density at radius 3 is 1.77 bits per heavy atom. The van der Waals surface area contributed by atoms with Crippen molar-refractivity contribution in [3.63, 3.8) is 0 Å². The molecule has 3 amide bonds. The smallest absolute Gasteiger partial charge is 0.251 e. The molecule has 0 fully saturated rings. The number of amides is 3. The van der Waals surface area contributed by atoms with Gasteiger partial charge in [0.25, 0.3) is 11.8 Å². The van der Waals surface area contributed by atoms with Crippen LogP contribution in [0.3, 0.4) is 0 Å². The number of unbranched alkanes of at least 4 members (excludes halogenated alkanes) is 3. The number of ether oxygens (including phenoxy) is 3. The highest BCUT2D eigenvalue weighted by atomic mass is 16.5. The van der Waals surface area contributed by atoms with Crippen LogP contribution in [-0.4, -0.2) is 92.0 Å². The maximum Gasteiger partial charge on any atom is 0.251 e. The van der Waals surface area contributed by atoms with E-state index in [0.29, 0.717) is 70.4 Å². The van der Waals surface area contributed by atoms with Gasteiger partial charge >= 0.3 is 0 Å². The molecule has 0 unspecified atom stereocenters. The minimum atomic E-state index is -0.222. The lowest BCUT2D eigenvalue weighted by atomic mass is 10.1. The predicted octanol–water partition coefficient (Wildman–Crippen LogP) is 1.26. The molecule has 0 atom stereocenters. The number of aromatic nitrogens is 3. The lowest BCUT2D eigenvalue weighted by molar-refractivity contribution is -0.119. The summed E-state index contributed by atoms with van der Waals surface area (Å²) in [6.07, 6.45) is 6.93. The highest BCUT2D eigenvalue weighted by Gasteiger charge is 2.08. The van der Waals surface area contributed by atoms with Crippen LogP contribution in [0.1, 0.15) is 59.0 Å². The summed E-state index contributed by atoms with van der Waals surface area (Å²) in [4.78, 5) is 35.4. The molecule has 12 heteroatoms. The maximum absolute atomic E-state index is 12.3. The normalized spacial score (nSPS) is 10.8. The van der Waals surface area contributed by atoms with E-state index in [2.05, 4.69) is 26.3 Å². The summed E-state index contributed by atoms with van der Waals surface area (Å²) in [7, 11) is 1.86. The van der Waals surface area contributed by atoms with Crippen molar-refractivity contribution in [1.29, 1.82) is 0 Å². The molecule has 2 rings (SSSR count). The molecule has 0 aliphatic carbocycles. The fourth-order valence-corrected chi connectivity index (χ4v) is 3.55. The standard InChI is InChI=1S/C27H42N6O6/c1-22(34)28-13-15-37-17-19-39-20-18-38-16-14-30-27(36)24-10-8-23(9-11-24)26(35)29-12-6-4-3-5-7-25-21-33(2)32-31-25/h8-11,21H,3-7,12-20H2,1-2H3,(H,28,34)(H,29,35)(H,30,36). The Labute approximate surface area is 230 Å². The molecular weight excluding hydrogens is 504 g/mol. The van der Waals surface area contributed by atoms with Crippen molar-refractivity contribution in [2.75, 3.05) is 59.3 Å². The average Bonchev–Trinajstić information content (AvgIpc) is 3.35. The quantitative estimate of drug-likeness (QED) is 0.199. The van der Waals surface area contributed by atoms with E-state index in [0.717, 1.165) is 37.8 Å². The monoisotopic (exact) mass is 546 g/mol. The van der Waals surface area contributed by atoms with E-state index >= 15 is 0 Å². The largest absolute Gasteiger partial charge is 0.377 e. The van der Waals surface area contributed by atoms with Gasteiger partial charge in [0, 0.05) is 50.9 Å². The van der Waals surface area contributed by atoms with Crippen LogP contribution < -0.4 is 16.0 Å². The molecule has 0 radical (unpaired) electrons. The van der Waals surface area contributed by atoms with E-state index in [9.17, 15) is 14.4 Å². The predicted molar refractivity (Wildman–Crippen MR) is 145 cm³/mol. The second-order valence-corrected chi connectivity index (χ2v) is 8.96. The van der Waals surface area contributed by atoms with Gasteiger partial charge in [0.1, 0.15) is 0 Å². The first kappa shape index (κ1) is 31.9. The molecule has 0 bridgehead atoms. The van der Waals surface area contributed by atoms with Crippen molar-refractivity contribution >= 4 is 17.7 Å². The average molecular weight is 547 g/mol. The molecule has 1 heterocycles. The summed E-state index contributed by atoms with van der Waals surface area (Å²) in [5.74, 6) is -0.446. The van der Waals surface area contributed by atoms with Gasteiger partial charge in [0.05, 0.1) is 45.3 Å². The van der Waals surface area contributed by atoms with Crippen molar-refractivity contribution < 1.29 is 28.6 Å². The Bertz CT molecular complexity index is 981. The second kappa shape index (κ2) is 19.7. The van der Waals surface area contributed by atoms with E-state index in [-0.39, 0.29) is 17.7 Å². The topological polar surface area (TPSA) is 146 Å². The number of aryl methyl sites for hydroxylation is 2. The molecule has 216 valence electrons. The number of nitrogens with zero attached hydrogens (tertiary/aromatic N) is 3. The van der Waals surface area contributed by atoms with Gasteiger partial charge in [-0.3, -0.25) is 19.1 Å². The highest BCUT2D eigenvalue weighted by Crippen LogP contribution is 2.07. The minimum Gasteiger partial charge on any atom is -0.377 e. The van der Waals surface area contributed by atoms with Crippen molar-refractivity contribution in [3.05, 3.63) is 47.3 Å². The molecule has 0 spiro atoms. The van der Waals surface area contributed by atoms with Gasteiger partial charge in [-0.15, -0.1) is 5.10 Å². The Morgan fingerprint density at radius 2 is 1.23 bits per heavy atom. The fourth-order valence-electron chi connectivity index (χ4n) is 3.55. The number of rotatable bonds is 21. The third kappa shape index (κ3) is 15.0. The van der Waals surface area contributed by atoms with Gasteiger partial charge in [0.2, 0.25) is 5.91 Å². The van der Waals surface area contributed by atoms with Crippen LogP contribution in [-0.2, 0) is 32.5 Å². The van der Waals surface area contributed by atoms with E-state index in [4.69, 9.17) is 14.2 Å². The number of hydrogen-bond acceptors (Lipinski definition) is 8. The number of nitrogens with one attached hydrogen (secondary N) is 3. The van der Waals surface area contributed by atoms with Crippen molar-refractivity contribution in [2.45, 2.75) is 39.0 Å². The van der Waals surface area contributed by atoms with Gasteiger partial charge in [-0.1, -0.05) is 18.1 Å². The first-order chi connectivity index (χ1) is 19.0. The minimum absolute atomic E-state index is 0.0786. The van der Waals surface area contributed by atoms with Gasteiger partial charge in [-0.05, 0) is 43.5 Å². The number of hydrogen-bond donors (Lipinski definition) is 3. The fraction of sp³-hybridized carbons (Fsp3) is 0.593. The summed E-state index contributed by atoms with van der Waals surface area (Å²) in [6, 6.07) is 6.60. The zero-order valence-electron chi connectivity index (χ0n) is 23.1. The Balaban J connectivity index is 1.44. The Morgan fingerprint density at radius 1 is 0.718 bits per heavy atom. The van der Waals surface area contributed by atoms with Crippen LogP contribution >= 0.6 is 0 Å². The SMILES string of the molecule is CC(=O)NCCOCCOCCOCCNC(=O)c1ccc(C(=O)NCCCCCCc2cn(C)nn2)cc1. The lowest BCUT2D eigenvalue weighted by Gasteiger charge is -2.09. The van der Waals surface area contributed by atoms with Crippen LogP contribution in [0.5, 0.6) is 0 Å². The molecule has 1 aromatic heterocycles. The Hall–Kier alpha value is -3.35. The van der Waals surface area contributed by atoms with E-state index in [1.165, 1.54) is 6.92 Å².